The van der Waals surface area contributed by atoms with E-state index in [-0.39, 0.29) is 0 Å². The van der Waals surface area contributed by atoms with Gasteiger partial charge >= 0.3 is 0 Å². The number of hydrogen-bond donors (Lipinski definition) is 1. The van der Waals surface area contributed by atoms with Gasteiger partial charge < -0.3 is 10.6 Å². The number of thiocarbonyl (C=S) groups is 1. The number of unbranched alkanes of at least 4 members (excludes halogenated alkanes) is 1. The fourth-order valence-corrected chi connectivity index (χ4v) is 1.79. The topological polar surface area (TPSA) is 29.3 Å². The maximum absolute atomic E-state index is 5.47. The van der Waals surface area contributed by atoms with Crippen molar-refractivity contribution in [3.8, 4) is 0 Å². The van der Waals surface area contributed by atoms with Gasteiger partial charge in [-0.25, -0.2) is 0 Å². The van der Waals surface area contributed by atoms with Gasteiger partial charge in [0.05, 0.1) is 4.99 Å². The Balaban J connectivity index is 3.71. The third-order valence-electron chi connectivity index (χ3n) is 2.45. The third kappa shape index (κ3) is 8.82. The maximum atomic E-state index is 5.47. The molecule has 0 spiro atoms. The van der Waals surface area contributed by atoms with Crippen molar-refractivity contribution in [1.29, 1.82) is 0 Å². The van der Waals surface area contributed by atoms with Gasteiger partial charge in [-0.2, -0.15) is 0 Å². The zero-order valence-electron chi connectivity index (χ0n) is 10.6. The lowest BCUT2D eigenvalue weighted by atomic mass is 10.1. The van der Waals surface area contributed by atoms with E-state index in [2.05, 4.69) is 32.6 Å². The first kappa shape index (κ1) is 14.8. The molecular weight excluding hydrogens is 204 g/mol. The van der Waals surface area contributed by atoms with Crippen LogP contribution in [0.25, 0.3) is 0 Å². The summed E-state index contributed by atoms with van der Waals surface area (Å²) in [6.45, 7) is 11.4. The summed E-state index contributed by atoms with van der Waals surface area (Å²) in [5.41, 5.74) is 5.47. The van der Waals surface area contributed by atoms with Gasteiger partial charge in [-0.15, -0.1) is 0 Å². The van der Waals surface area contributed by atoms with E-state index in [4.69, 9.17) is 18.0 Å². The predicted octanol–water partition coefficient (Wildman–Crippen LogP) is 2.81. The van der Waals surface area contributed by atoms with E-state index in [1.807, 2.05) is 0 Å². The van der Waals surface area contributed by atoms with Crippen LogP contribution in [0.3, 0.4) is 0 Å². The second-order valence-corrected chi connectivity index (χ2v) is 5.43. The minimum absolute atomic E-state index is 0.636. The van der Waals surface area contributed by atoms with Crippen molar-refractivity contribution < 1.29 is 0 Å². The van der Waals surface area contributed by atoms with E-state index in [9.17, 15) is 0 Å². The van der Waals surface area contributed by atoms with E-state index < -0.39 is 0 Å². The van der Waals surface area contributed by atoms with Gasteiger partial charge in [-0.3, -0.25) is 0 Å². The molecule has 0 aromatic rings. The number of nitrogens with two attached hydrogens (primary N) is 1. The molecular formula is C12H26N2S. The first-order chi connectivity index (χ1) is 6.93. The quantitative estimate of drug-likeness (QED) is 0.513. The Hall–Kier alpha value is -0.150. The molecule has 0 aromatic heterocycles. The van der Waals surface area contributed by atoms with Gasteiger partial charge in [0, 0.05) is 12.6 Å². The molecule has 2 nitrogen and oxygen atoms in total. The molecule has 90 valence electrons. The Labute approximate surface area is 100 Å². The Kier molecular flexibility index (Phi) is 7.97. The summed E-state index contributed by atoms with van der Waals surface area (Å²) in [6, 6.07) is 0.636. The van der Waals surface area contributed by atoms with Crippen molar-refractivity contribution in [3.63, 3.8) is 0 Å². The fourth-order valence-electron chi connectivity index (χ4n) is 1.64. The van der Waals surface area contributed by atoms with Crippen molar-refractivity contribution in [2.75, 3.05) is 13.1 Å². The normalized spacial score (nSPS) is 11.7. The highest BCUT2D eigenvalue weighted by molar-refractivity contribution is 7.80. The molecule has 0 amide bonds. The van der Waals surface area contributed by atoms with Gasteiger partial charge in [-0.05, 0) is 45.6 Å². The van der Waals surface area contributed by atoms with Crippen molar-refractivity contribution >= 4 is 17.2 Å². The van der Waals surface area contributed by atoms with Crippen LogP contribution in [0.4, 0.5) is 0 Å². The molecule has 0 aliphatic rings. The third-order valence-corrected chi connectivity index (χ3v) is 2.65. The highest BCUT2D eigenvalue weighted by atomic mass is 32.1. The lowest BCUT2D eigenvalue weighted by Crippen LogP contribution is -2.35. The van der Waals surface area contributed by atoms with Crippen LogP contribution in [0.15, 0.2) is 0 Å². The maximum Gasteiger partial charge on any atom is 0.0727 e. The number of rotatable bonds is 8. The smallest absolute Gasteiger partial charge is 0.0727 e. The van der Waals surface area contributed by atoms with Gasteiger partial charge in [0.25, 0.3) is 0 Å². The van der Waals surface area contributed by atoms with Crippen LogP contribution in [0, 0.1) is 5.92 Å². The van der Waals surface area contributed by atoms with Crippen LogP contribution >= 0.6 is 12.2 Å². The molecule has 15 heavy (non-hydrogen) atoms. The van der Waals surface area contributed by atoms with Crippen molar-refractivity contribution in [1.82, 2.24) is 4.90 Å². The molecule has 0 heterocycles. The summed E-state index contributed by atoms with van der Waals surface area (Å²) in [5.74, 6) is 0.739. The van der Waals surface area contributed by atoms with Crippen LogP contribution in [0.5, 0.6) is 0 Å². The largest absolute Gasteiger partial charge is 0.393 e. The second-order valence-electron chi connectivity index (χ2n) is 4.91. The molecule has 0 saturated heterocycles. The standard InChI is InChI=1S/C12H26N2S/c1-10(2)9-14(11(3)4)8-6-5-7-12(13)15/h10-11H,5-9H2,1-4H3,(H2,13,15). The Morgan fingerprint density at radius 3 is 2.20 bits per heavy atom. The summed E-state index contributed by atoms with van der Waals surface area (Å²) >= 11 is 4.86. The van der Waals surface area contributed by atoms with Gasteiger partial charge in [0.1, 0.15) is 0 Å². The molecule has 0 rings (SSSR count). The molecule has 0 unspecified atom stereocenters. The summed E-state index contributed by atoms with van der Waals surface area (Å²) < 4.78 is 0. The zero-order valence-corrected chi connectivity index (χ0v) is 11.4. The predicted molar refractivity (Wildman–Crippen MR) is 72.2 cm³/mol. The first-order valence-electron chi connectivity index (χ1n) is 5.95. The van der Waals surface area contributed by atoms with Crippen LogP contribution < -0.4 is 5.73 Å². The Bertz CT molecular complexity index is 178. The minimum Gasteiger partial charge on any atom is -0.393 e. The molecule has 0 radical (unpaired) electrons. The van der Waals surface area contributed by atoms with E-state index in [0.717, 1.165) is 18.8 Å². The summed E-state index contributed by atoms with van der Waals surface area (Å²) in [7, 11) is 0. The Morgan fingerprint density at radius 1 is 1.20 bits per heavy atom. The molecule has 0 aliphatic heterocycles. The lowest BCUT2D eigenvalue weighted by Gasteiger charge is -2.28. The molecule has 0 fully saturated rings. The van der Waals surface area contributed by atoms with E-state index in [1.54, 1.807) is 0 Å². The van der Waals surface area contributed by atoms with Gasteiger partial charge in [-0.1, -0.05) is 26.1 Å². The van der Waals surface area contributed by atoms with Crippen LogP contribution in [-0.2, 0) is 0 Å². The summed E-state index contributed by atoms with van der Waals surface area (Å²) in [4.78, 5) is 3.18. The lowest BCUT2D eigenvalue weighted by molar-refractivity contribution is 0.194. The highest BCUT2D eigenvalue weighted by Gasteiger charge is 2.10. The average molecular weight is 230 g/mol. The molecule has 3 heteroatoms. The zero-order chi connectivity index (χ0) is 11.8. The van der Waals surface area contributed by atoms with E-state index in [0.29, 0.717) is 11.0 Å². The number of hydrogen-bond acceptors (Lipinski definition) is 2. The van der Waals surface area contributed by atoms with Crippen molar-refractivity contribution in [2.45, 2.75) is 53.0 Å². The Morgan fingerprint density at radius 2 is 1.80 bits per heavy atom. The van der Waals surface area contributed by atoms with Crippen LogP contribution in [-0.4, -0.2) is 29.0 Å². The minimum atomic E-state index is 0.636. The summed E-state index contributed by atoms with van der Waals surface area (Å²) in [6.07, 6.45) is 3.21. The molecule has 2 N–H and O–H groups in total. The molecule has 0 atom stereocenters. The van der Waals surface area contributed by atoms with E-state index in [1.165, 1.54) is 19.5 Å². The molecule has 0 saturated carbocycles. The molecule has 0 bridgehead atoms. The fraction of sp³-hybridized carbons (Fsp3) is 0.917. The average Bonchev–Trinajstić information content (AvgIpc) is 2.08. The highest BCUT2D eigenvalue weighted by Crippen LogP contribution is 2.07. The second kappa shape index (κ2) is 8.05. The van der Waals surface area contributed by atoms with Gasteiger partial charge in [0.2, 0.25) is 0 Å². The van der Waals surface area contributed by atoms with Crippen LogP contribution in [0.2, 0.25) is 0 Å². The van der Waals surface area contributed by atoms with Crippen molar-refractivity contribution in [2.24, 2.45) is 11.7 Å². The first-order valence-corrected chi connectivity index (χ1v) is 6.36. The van der Waals surface area contributed by atoms with Gasteiger partial charge in [0.15, 0.2) is 0 Å². The molecule has 0 aliphatic carbocycles. The van der Waals surface area contributed by atoms with Crippen LogP contribution in [0.1, 0.15) is 47.0 Å². The SMILES string of the molecule is CC(C)CN(CCCCC(N)=S)C(C)C. The number of nitrogens with zero attached hydrogens (tertiary/aromatic N) is 1. The van der Waals surface area contributed by atoms with Crippen molar-refractivity contribution in [3.05, 3.63) is 0 Å². The monoisotopic (exact) mass is 230 g/mol. The van der Waals surface area contributed by atoms with E-state index >= 15 is 0 Å². The summed E-state index contributed by atoms with van der Waals surface area (Å²) in [5, 5.41) is 0. The molecule has 0 aromatic carbocycles.